The molecule has 0 radical (unpaired) electrons. The molecule has 0 spiro atoms. The van der Waals surface area contributed by atoms with Crippen LogP contribution < -0.4 is 0 Å². The lowest BCUT2D eigenvalue weighted by atomic mass is 9.73. The quantitative estimate of drug-likeness (QED) is 0.829. The molecule has 0 fully saturated rings. The molecule has 0 saturated heterocycles. The number of rotatable bonds is 2. The summed E-state index contributed by atoms with van der Waals surface area (Å²) in [7, 11) is 0. The molecule has 2 heteroatoms. The fourth-order valence-electron chi connectivity index (χ4n) is 4.16. The maximum atomic E-state index is 10.9. The van der Waals surface area contributed by atoms with E-state index in [1.807, 2.05) is 12.3 Å². The molecule has 20 heavy (non-hydrogen) atoms. The molecule has 0 amide bonds. The highest BCUT2D eigenvalue weighted by molar-refractivity contribution is 5.27. The number of fused-ring (bicyclic) bond motifs is 1. The van der Waals surface area contributed by atoms with Crippen molar-refractivity contribution in [3.63, 3.8) is 0 Å². The van der Waals surface area contributed by atoms with Crippen LogP contribution in [0.15, 0.2) is 30.0 Å². The summed E-state index contributed by atoms with van der Waals surface area (Å²) in [6.45, 7) is 4.46. The van der Waals surface area contributed by atoms with Crippen LogP contribution in [0.4, 0.5) is 0 Å². The number of allylic oxidation sites excluding steroid dienone is 2. The van der Waals surface area contributed by atoms with Crippen LogP contribution in [0.1, 0.15) is 56.7 Å². The van der Waals surface area contributed by atoms with E-state index in [4.69, 9.17) is 0 Å². The van der Waals surface area contributed by atoms with Gasteiger partial charge in [0, 0.05) is 17.8 Å². The van der Waals surface area contributed by atoms with Gasteiger partial charge in [0.25, 0.3) is 0 Å². The molecule has 2 nitrogen and oxygen atoms in total. The molecule has 1 N–H and O–H groups in total. The third-order valence-electron chi connectivity index (χ3n) is 4.96. The molecule has 108 valence electrons. The third-order valence-corrected chi connectivity index (χ3v) is 4.96. The third kappa shape index (κ3) is 2.67. The minimum Gasteiger partial charge on any atom is -0.392 e. The lowest BCUT2D eigenvalue weighted by Gasteiger charge is -2.36. The number of hydrogen-bond donors (Lipinski definition) is 1. The van der Waals surface area contributed by atoms with Crippen molar-refractivity contribution < 1.29 is 5.11 Å². The van der Waals surface area contributed by atoms with Gasteiger partial charge in [-0.1, -0.05) is 24.6 Å². The molecule has 2 aliphatic rings. The molecule has 1 heterocycles. The van der Waals surface area contributed by atoms with E-state index < -0.39 is 0 Å². The van der Waals surface area contributed by atoms with E-state index >= 15 is 0 Å². The Morgan fingerprint density at radius 2 is 2.25 bits per heavy atom. The molecule has 0 aromatic carbocycles. The van der Waals surface area contributed by atoms with Gasteiger partial charge >= 0.3 is 0 Å². The first-order valence-corrected chi connectivity index (χ1v) is 7.94. The van der Waals surface area contributed by atoms with E-state index in [2.05, 4.69) is 31.0 Å². The molecule has 1 aromatic heterocycles. The van der Waals surface area contributed by atoms with Crippen LogP contribution in [0.25, 0.3) is 0 Å². The number of aliphatic hydroxyl groups is 1. The molecule has 0 aliphatic heterocycles. The minimum absolute atomic E-state index is 0.239. The number of aryl methyl sites for hydroxylation is 1. The van der Waals surface area contributed by atoms with Crippen LogP contribution in [-0.2, 0) is 6.42 Å². The zero-order chi connectivity index (χ0) is 14.1. The fraction of sp³-hybridized carbons (Fsp3) is 0.611. The fourth-order valence-corrected chi connectivity index (χ4v) is 4.16. The van der Waals surface area contributed by atoms with Gasteiger partial charge in [0.15, 0.2) is 0 Å². The van der Waals surface area contributed by atoms with Gasteiger partial charge < -0.3 is 5.11 Å². The Morgan fingerprint density at radius 3 is 3.05 bits per heavy atom. The summed E-state index contributed by atoms with van der Waals surface area (Å²) in [5, 5.41) is 10.9. The summed E-state index contributed by atoms with van der Waals surface area (Å²) >= 11 is 0. The van der Waals surface area contributed by atoms with E-state index in [1.54, 1.807) is 0 Å². The SMILES string of the molecule is CC1=CC(C)CC(C(O)C2CCCc3cccnc32)C1. The Kier molecular flexibility index (Phi) is 3.93. The second kappa shape index (κ2) is 5.69. The van der Waals surface area contributed by atoms with Crippen molar-refractivity contribution in [1.82, 2.24) is 4.98 Å². The summed E-state index contributed by atoms with van der Waals surface area (Å²) in [4.78, 5) is 4.58. The summed E-state index contributed by atoms with van der Waals surface area (Å²) in [5.41, 5.74) is 3.94. The van der Waals surface area contributed by atoms with Crippen molar-refractivity contribution in [3.8, 4) is 0 Å². The standard InChI is InChI=1S/C18H25NO/c1-12-9-13(2)11-15(10-12)18(20)16-7-3-5-14-6-4-8-19-17(14)16/h4,6,8-9,12,15-16,18,20H,3,5,7,10-11H2,1-2H3. The summed E-state index contributed by atoms with van der Waals surface area (Å²) in [6.07, 6.45) is 9.52. The smallest absolute Gasteiger partial charge is 0.0655 e. The first-order chi connectivity index (χ1) is 9.65. The van der Waals surface area contributed by atoms with Crippen LogP contribution in [-0.4, -0.2) is 16.2 Å². The number of aromatic nitrogens is 1. The number of hydrogen-bond acceptors (Lipinski definition) is 2. The molecular formula is C18H25NO. The van der Waals surface area contributed by atoms with Gasteiger partial charge in [-0.3, -0.25) is 4.98 Å². The molecule has 4 atom stereocenters. The number of nitrogens with zero attached hydrogens (tertiary/aromatic N) is 1. The van der Waals surface area contributed by atoms with E-state index in [0.717, 1.165) is 31.4 Å². The molecule has 1 aromatic rings. The lowest BCUT2D eigenvalue weighted by molar-refractivity contribution is 0.0603. The zero-order valence-electron chi connectivity index (χ0n) is 12.5. The maximum Gasteiger partial charge on any atom is 0.0655 e. The van der Waals surface area contributed by atoms with Gasteiger partial charge in [0.2, 0.25) is 0 Å². The molecule has 3 rings (SSSR count). The van der Waals surface area contributed by atoms with E-state index in [0.29, 0.717) is 11.8 Å². The Hall–Kier alpha value is -1.15. The Labute approximate surface area is 121 Å². The molecule has 2 aliphatic carbocycles. The molecule has 4 unspecified atom stereocenters. The number of aliphatic hydroxyl groups excluding tert-OH is 1. The van der Waals surface area contributed by atoms with Crippen LogP contribution in [0.3, 0.4) is 0 Å². The average Bonchev–Trinajstić information content (AvgIpc) is 2.45. The minimum atomic E-state index is -0.241. The second-order valence-corrected chi connectivity index (χ2v) is 6.73. The highest BCUT2D eigenvalue weighted by Gasteiger charge is 2.34. The Bertz CT molecular complexity index is 508. The van der Waals surface area contributed by atoms with Crippen molar-refractivity contribution in [2.45, 2.75) is 58.0 Å². The normalized spacial score (nSPS) is 31.4. The maximum absolute atomic E-state index is 10.9. The second-order valence-electron chi connectivity index (χ2n) is 6.73. The van der Waals surface area contributed by atoms with Crippen molar-refractivity contribution in [2.24, 2.45) is 11.8 Å². The largest absolute Gasteiger partial charge is 0.392 e. The first-order valence-electron chi connectivity index (χ1n) is 7.94. The van der Waals surface area contributed by atoms with Gasteiger partial charge in [-0.25, -0.2) is 0 Å². The highest BCUT2D eigenvalue weighted by atomic mass is 16.3. The van der Waals surface area contributed by atoms with Gasteiger partial charge in [-0.15, -0.1) is 0 Å². The van der Waals surface area contributed by atoms with Gasteiger partial charge in [0.1, 0.15) is 0 Å². The van der Waals surface area contributed by atoms with E-state index in [-0.39, 0.29) is 12.0 Å². The highest BCUT2D eigenvalue weighted by Crippen LogP contribution is 2.40. The predicted molar refractivity (Wildman–Crippen MR) is 81.6 cm³/mol. The molecule has 0 bridgehead atoms. The lowest BCUT2D eigenvalue weighted by Crippen LogP contribution is -2.33. The number of pyridine rings is 1. The average molecular weight is 271 g/mol. The van der Waals surface area contributed by atoms with Crippen LogP contribution in [0, 0.1) is 11.8 Å². The monoisotopic (exact) mass is 271 g/mol. The predicted octanol–water partition coefficient (Wildman–Crippen LogP) is 3.85. The zero-order valence-corrected chi connectivity index (χ0v) is 12.5. The summed E-state index contributed by atoms with van der Waals surface area (Å²) < 4.78 is 0. The molecular weight excluding hydrogens is 246 g/mol. The molecule has 0 saturated carbocycles. The van der Waals surface area contributed by atoms with Crippen LogP contribution in [0.2, 0.25) is 0 Å². The van der Waals surface area contributed by atoms with Gasteiger partial charge in [-0.2, -0.15) is 0 Å². The first kappa shape index (κ1) is 13.8. The van der Waals surface area contributed by atoms with Crippen LogP contribution in [0.5, 0.6) is 0 Å². The van der Waals surface area contributed by atoms with Crippen molar-refractivity contribution in [2.75, 3.05) is 0 Å². The van der Waals surface area contributed by atoms with Crippen molar-refractivity contribution >= 4 is 0 Å². The van der Waals surface area contributed by atoms with Crippen molar-refractivity contribution in [3.05, 3.63) is 41.2 Å². The van der Waals surface area contributed by atoms with Gasteiger partial charge in [0.05, 0.1) is 6.10 Å². The van der Waals surface area contributed by atoms with E-state index in [1.165, 1.54) is 17.6 Å². The summed E-state index contributed by atoms with van der Waals surface area (Å²) in [6, 6.07) is 4.19. The van der Waals surface area contributed by atoms with Crippen molar-refractivity contribution in [1.29, 1.82) is 0 Å². The summed E-state index contributed by atoms with van der Waals surface area (Å²) in [5.74, 6) is 1.23. The van der Waals surface area contributed by atoms with Crippen LogP contribution >= 0.6 is 0 Å². The van der Waals surface area contributed by atoms with Gasteiger partial charge in [-0.05, 0) is 62.5 Å². The topological polar surface area (TPSA) is 33.1 Å². The Balaban J connectivity index is 1.82. The Morgan fingerprint density at radius 1 is 1.40 bits per heavy atom. The van der Waals surface area contributed by atoms with E-state index in [9.17, 15) is 5.11 Å².